The molecule has 134 valence electrons. The molecule has 0 atom stereocenters. The molecule has 0 spiro atoms. The van der Waals surface area contributed by atoms with Gasteiger partial charge in [0.15, 0.2) is 0 Å². The Bertz CT molecular complexity index is 1100. The average molecular weight is 400 g/mol. The zero-order chi connectivity index (χ0) is 19.6. The summed E-state index contributed by atoms with van der Waals surface area (Å²) >= 11 is 11.9. The van der Waals surface area contributed by atoms with Crippen LogP contribution >= 0.6 is 23.2 Å². The molecule has 9 heteroatoms. The van der Waals surface area contributed by atoms with Crippen LogP contribution in [0, 0.1) is 11.3 Å². The molecule has 3 rings (SSSR count). The number of nitrogen functional groups attached to an aromatic ring is 2. The first-order valence-electron chi connectivity index (χ1n) is 7.50. The van der Waals surface area contributed by atoms with E-state index in [2.05, 4.69) is 9.97 Å². The molecule has 3 aromatic rings. The topological polar surface area (TPSA) is 128 Å². The lowest BCUT2D eigenvalue weighted by Crippen LogP contribution is -2.09. The van der Waals surface area contributed by atoms with Crippen molar-refractivity contribution in [1.29, 1.82) is 5.26 Å². The van der Waals surface area contributed by atoms with Gasteiger partial charge >= 0.3 is 5.97 Å². The molecule has 0 fully saturated rings. The first kappa shape index (κ1) is 18.5. The van der Waals surface area contributed by atoms with E-state index in [0.29, 0.717) is 10.6 Å². The highest BCUT2D eigenvalue weighted by atomic mass is 35.5. The maximum absolute atomic E-state index is 12.4. The van der Waals surface area contributed by atoms with Crippen LogP contribution in [0.4, 0.5) is 11.8 Å². The summed E-state index contributed by atoms with van der Waals surface area (Å²) in [6, 6.07) is 12.8. The smallest absolute Gasteiger partial charge is 0.345 e. The predicted molar refractivity (Wildman–Crippen MR) is 102 cm³/mol. The number of carbonyl (C=O) groups excluding carboxylic acids is 1. The highest BCUT2D eigenvalue weighted by Gasteiger charge is 2.16. The molecule has 0 aliphatic carbocycles. The van der Waals surface area contributed by atoms with Crippen LogP contribution in [-0.2, 0) is 0 Å². The minimum atomic E-state index is -0.656. The third-order valence-corrected chi connectivity index (χ3v) is 4.08. The maximum atomic E-state index is 12.4. The van der Waals surface area contributed by atoms with Crippen molar-refractivity contribution in [3.05, 3.63) is 63.6 Å². The van der Waals surface area contributed by atoms with E-state index in [1.54, 1.807) is 18.2 Å². The number of rotatable bonds is 3. The minimum Gasteiger partial charge on any atom is -0.423 e. The van der Waals surface area contributed by atoms with Crippen LogP contribution in [-0.4, -0.2) is 15.9 Å². The fourth-order valence-electron chi connectivity index (χ4n) is 2.34. The van der Waals surface area contributed by atoms with E-state index in [-0.39, 0.29) is 39.4 Å². The molecule has 1 aromatic heterocycles. The summed E-state index contributed by atoms with van der Waals surface area (Å²) in [5, 5.41) is 9.88. The quantitative estimate of drug-likeness (QED) is 0.507. The van der Waals surface area contributed by atoms with Gasteiger partial charge in [-0.05, 0) is 30.3 Å². The number of nitriles is 1. The van der Waals surface area contributed by atoms with Gasteiger partial charge < -0.3 is 16.2 Å². The summed E-state index contributed by atoms with van der Waals surface area (Å²) in [4.78, 5) is 20.2. The Labute approximate surface area is 164 Å². The lowest BCUT2D eigenvalue weighted by atomic mass is 10.1. The number of esters is 1. The average Bonchev–Trinajstić information content (AvgIpc) is 2.61. The van der Waals surface area contributed by atoms with Crippen molar-refractivity contribution >= 4 is 40.9 Å². The Balaban J connectivity index is 1.95. The number of hydrogen-bond donors (Lipinski definition) is 2. The zero-order valence-electron chi connectivity index (χ0n) is 13.6. The van der Waals surface area contributed by atoms with Gasteiger partial charge in [0.25, 0.3) is 0 Å². The second-order valence-corrected chi connectivity index (χ2v) is 6.19. The summed E-state index contributed by atoms with van der Waals surface area (Å²) < 4.78 is 5.36. The molecular weight excluding hydrogens is 389 g/mol. The number of carbonyl (C=O) groups is 1. The number of ether oxygens (including phenoxy) is 1. The van der Waals surface area contributed by atoms with Crippen molar-refractivity contribution in [2.75, 3.05) is 11.5 Å². The standard InChI is InChI=1S/C18H11Cl2N5O2/c19-10-4-5-12(14(20)7-10)17(26)27-11-3-1-2-9(6-11)15-13(8-21)16(22)25-18(23)24-15/h1-7H,(H4,22,23,24,25). The Morgan fingerprint density at radius 3 is 2.59 bits per heavy atom. The van der Waals surface area contributed by atoms with E-state index in [0.717, 1.165) is 0 Å². The van der Waals surface area contributed by atoms with Crippen molar-refractivity contribution in [3.8, 4) is 23.1 Å². The largest absolute Gasteiger partial charge is 0.423 e. The first-order valence-corrected chi connectivity index (χ1v) is 8.25. The monoisotopic (exact) mass is 399 g/mol. The van der Waals surface area contributed by atoms with Gasteiger partial charge in [0, 0.05) is 10.6 Å². The summed E-state index contributed by atoms with van der Waals surface area (Å²) in [5.41, 5.74) is 12.3. The molecule has 0 unspecified atom stereocenters. The number of anilines is 2. The van der Waals surface area contributed by atoms with Crippen LogP contribution in [0.1, 0.15) is 15.9 Å². The lowest BCUT2D eigenvalue weighted by molar-refractivity contribution is 0.0735. The Morgan fingerprint density at radius 1 is 1.11 bits per heavy atom. The third kappa shape index (κ3) is 3.92. The minimum absolute atomic E-state index is 0.0321. The van der Waals surface area contributed by atoms with Gasteiger partial charge in [-0.25, -0.2) is 9.78 Å². The molecule has 27 heavy (non-hydrogen) atoms. The molecule has 0 aliphatic rings. The Kier molecular flexibility index (Phi) is 5.12. The normalized spacial score (nSPS) is 10.3. The second kappa shape index (κ2) is 7.50. The molecule has 0 saturated heterocycles. The molecule has 0 saturated carbocycles. The maximum Gasteiger partial charge on any atom is 0.345 e. The van der Waals surface area contributed by atoms with E-state index < -0.39 is 5.97 Å². The third-order valence-electron chi connectivity index (χ3n) is 3.54. The van der Waals surface area contributed by atoms with E-state index in [1.807, 2.05) is 6.07 Å². The van der Waals surface area contributed by atoms with E-state index in [9.17, 15) is 10.1 Å². The van der Waals surface area contributed by atoms with Gasteiger partial charge in [-0.1, -0.05) is 35.3 Å². The summed E-state index contributed by atoms with van der Waals surface area (Å²) in [7, 11) is 0. The van der Waals surface area contributed by atoms with Crippen LogP contribution in [0.15, 0.2) is 42.5 Å². The van der Waals surface area contributed by atoms with E-state index >= 15 is 0 Å². The summed E-state index contributed by atoms with van der Waals surface area (Å²) in [5.74, 6) is -0.536. The molecule has 0 aliphatic heterocycles. The van der Waals surface area contributed by atoms with Gasteiger partial charge in [0.1, 0.15) is 23.2 Å². The first-order chi connectivity index (χ1) is 12.9. The van der Waals surface area contributed by atoms with Crippen molar-refractivity contribution in [2.24, 2.45) is 0 Å². The molecule has 4 N–H and O–H groups in total. The molecule has 0 amide bonds. The number of benzene rings is 2. The Morgan fingerprint density at radius 2 is 1.89 bits per heavy atom. The fourth-order valence-corrected chi connectivity index (χ4v) is 2.82. The number of hydrogen-bond acceptors (Lipinski definition) is 7. The van der Waals surface area contributed by atoms with E-state index in [1.165, 1.54) is 24.3 Å². The number of aromatic nitrogens is 2. The Hall–Kier alpha value is -3.34. The molecular formula is C18H11Cl2N5O2. The highest BCUT2D eigenvalue weighted by molar-refractivity contribution is 6.36. The van der Waals surface area contributed by atoms with Crippen molar-refractivity contribution in [2.45, 2.75) is 0 Å². The van der Waals surface area contributed by atoms with Gasteiger partial charge in [-0.3, -0.25) is 0 Å². The molecule has 0 bridgehead atoms. The lowest BCUT2D eigenvalue weighted by Gasteiger charge is -2.09. The zero-order valence-corrected chi connectivity index (χ0v) is 15.1. The van der Waals surface area contributed by atoms with Gasteiger partial charge in [0.05, 0.1) is 16.3 Å². The molecule has 2 aromatic carbocycles. The van der Waals surface area contributed by atoms with Crippen LogP contribution in [0.3, 0.4) is 0 Å². The SMILES string of the molecule is N#Cc1c(N)nc(N)nc1-c1cccc(OC(=O)c2ccc(Cl)cc2Cl)c1. The predicted octanol–water partition coefficient (Wildman–Crippen LogP) is 3.71. The van der Waals surface area contributed by atoms with Crippen molar-refractivity contribution in [1.82, 2.24) is 9.97 Å². The fraction of sp³-hybridized carbons (Fsp3) is 0. The highest BCUT2D eigenvalue weighted by Crippen LogP contribution is 2.29. The van der Waals surface area contributed by atoms with Crippen LogP contribution in [0.5, 0.6) is 5.75 Å². The summed E-state index contributed by atoms with van der Waals surface area (Å²) in [6.07, 6.45) is 0. The van der Waals surface area contributed by atoms with Gasteiger partial charge in [-0.2, -0.15) is 10.2 Å². The second-order valence-electron chi connectivity index (χ2n) is 5.34. The number of halogens is 2. The van der Waals surface area contributed by atoms with Crippen LogP contribution in [0.25, 0.3) is 11.3 Å². The molecule has 0 radical (unpaired) electrons. The molecule has 1 heterocycles. The van der Waals surface area contributed by atoms with Crippen molar-refractivity contribution < 1.29 is 9.53 Å². The van der Waals surface area contributed by atoms with Gasteiger partial charge in [-0.15, -0.1) is 0 Å². The van der Waals surface area contributed by atoms with E-state index in [4.69, 9.17) is 39.4 Å². The van der Waals surface area contributed by atoms with Crippen molar-refractivity contribution in [3.63, 3.8) is 0 Å². The van der Waals surface area contributed by atoms with Crippen LogP contribution < -0.4 is 16.2 Å². The van der Waals surface area contributed by atoms with Gasteiger partial charge in [0.2, 0.25) is 5.95 Å². The summed E-state index contributed by atoms with van der Waals surface area (Å²) in [6.45, 7) is 0. The van der Waals surface area contributed by atoms with Crippen LogP contribution in [0.2, 0.25) is 10.0 Å². The number of nitrogens with two attached hydrogens (primary N) is 2. The number of nitrogens with zero attached hydrogens (tertiary/aromatic N) is 3. The molecule has 7 nitrogen and oxygen atoms in total.